The van der Waals surface area contributed by atoms with Crippen LogP contribution in [0, 0.1) is 40.9 Å². The van der Waals surface area contributed by atoms with Gasteiger partial charge in [0.05, 0.1) is 0 Å². The van der Waals surface area contributed by atoms with Crippen molar-refractivity contribution in [2.45, 2.75) is 32.6 Å². The highest BCUT2D eigenvalue weighted by Crippen LogP contribution is 2.81. The topological polar surface area (TPSA) is 40.1 Å². The van der Waals surface area contributed by atoms with Gasteiger partial charge in [0, 0.05) is 11.9 Å². The Labute approximate surface area is 90.1 Å². The molecule has 0 aromatic rings. The number of hydrogen-bond donors (Lipinski definition) is 0. The second-order valence-corrected chi connectivity index (χ2v) is 6.41. The van der Waals surface area contributed by atoms with E-state index in [1.54, 1.807) is 0 Å². The average molecular weight is 205 g/mol. The van der Waals surface area contributed by atoms with Crippen LogP contribution in [-0.2, 0) is 4.79 Å². The molecule has 0 aromatic carbocycles. The molecule has 2 nitrogen and oxygen atoms in total. The maximum atomic E-state index is 11.0. The van der Waals surface area contributed by atoms with Gasteiger partial charge in [0.2, 0.25) is 0 Å². The van der Waals surface area contributed by atoms with E-state index in [9.17, 15) is 9.90 Å². The monoisotopic (exact) mass is 205 g/mol. The molecule has 1 spiro atoms. The molecule has 4 aliphatic rings. The minimum absolute atomic E-state index is 0.0897. The van der Waals surface area contributed by atoms with Crippen molar-refractivity contribution < 1.29 is 9.90 Å². The highest BCUT2D eigenvalue weighted by molar-refractivity contribution is 5.73. The number of rotatable bonds is 1. The fourth-order valence-electron chi connectivity index (χ4n) is 5.86. The van der Waals surface area contributed by atoms with E-state index < -0.39 is 5.97 Å². The van der Waals surface area contributed by atoms with Crippen LogP contribution in [0.15, 0.2) is 0 Å². The van der Waals surface area contributed by atoms with E-state index in [1.165, 1.54) is 19.3 Å². The molecule has 4 fully saturated rings. The van der Waals surface area contributed by atoms with E-state index in [-0.39, 0.29) is 11.3 Å². The minimum atomic E-state index is -0.775. The van der Waals surface area contributed by atoms with Crippen LogP contribution in [0.2, 0.25) is 0 Å². The molecule has 82 valence electrons. The normalized spacial score (nSPS) is 64.1. The van der Waals surface area contributed by atoms with E-state index in [4.69, 9.17) is 0 Å². The van der Waals surface area contributed by atoms with Gasteiger partial charge in [-0.05, 0) is 60.7 Å². The first-order chi connectivity index (χ1) is 7.16. The second-order valence-electron chi connectivity index (χ2n) is 6.41. The molecule has 4 aliphatic carbocycles. The smallest absolute Gasteiger partial charge is 0.0451 e. The molecule has 4 saturated carbocycles. The zero-order chi connectivity index (χ0) is 10.4. The molecule has 0 aliphatic heterocycles. The van der Waals surface area contributed by atoms with Crippen LogP contribution >= 0.6 is 0 Å². The van der Waals surface area contributed by atoms with Gasteiger partial charge in [-0.1, -0.05) is 6.92 Å². The molecule has 15 heavy (non-hydrogen) atoms. The highest BCUT2D eigenvalue weighted by Gasteiger charge is 2.77. The first-order valence-electron chi connectivity index (χ1n) is 6.37. The lowest BCUT2D eigenvalue weighted by Crippen LogP contribution is -2.52. The van der Waals surface area contributed by atoms with Gasteiger partial charge in [0.25, 0.3) is 0 Å². The Bertz CT molecular complexity index is 350. The van der Waals surface area contributed by atoms with Crippen LogP contribution in [0.5, 0.6) is 0 Å². The molecule has 2 bridgehead atoms. The van der Waals surface area contributed by atoms with Crippen LogP contribution in [0.3, 0.4) is 0 Å². The van der Waals surface area contributed by atoms with E-state index in [0.29, 0.717) is 5.92 Å². The van der Waals surface area contributed by atoms with Crippen LogP contribution in [0.1, 0.15) is 32.6 Å². The van der Waals surface area contributed by atoms with Crippen LogP contribution in [-0.4, -0.2) is 5.97 Å². The van der Waals surface area contributed by atoms with Crippen molar-refractivity contribution in [1.82, 2.24) is 0 Å². The molecular weight excluding hydrogens is 188 g/mol. The first kappa shape index (κ1) is 8.60. The van der Waals surface area contributed by atoms with E-state index in [0.717, 1.165) is 30.1 Å². The van der Waals surface area contributed by atoms with Gasteiger partial charge in [0.15, 0.2) is 0 Å². The average Bonchev–Trinajstić information content (AvgIpc) is 2.75. The van der Waals surface area contributed by atoms with Gasteiger partial charge >= 0.3 is 0 Å². The molecule has 0 unspecified atom stereocenters. The number of hydrogen-bond acceptors (Lipinski definition) is 2. The summed E-state index contributed by atoms with van der Waals surface area (Å²) in [5.74, 6) is 3.28. The Morgan fingerprint density at radius 3 is 2.73 bits per heavy atom. The van der Waals surface area contributed by atoms with Crippen molar-refractivity contribution in [2.75, 3.05) is 0 Å². The van der Waals surface area contributed by atoms with E-state index in [2.05, 4.69) is 6.92 Å². The van der Waals surface area contributed by atoms with Crippen molar-refractivity contribution in [1.29, 1.82) is 0 Å². The summed E-state index contributed by atoms with van der Waals surface area (Å²) >= 11 is 0. The third-order valence-electron chi connectivity index (χ3n) is 6.36. The second kappa shape index (κ2) is 2.26. The zero-order valence-electron chi connectivity index (χ0n) is 9.11. The Morgan fingerprint density at radius 2 is 2.07 bits per heavy atom. The molecule has 0 amide bonds. The van der Waals surface area contributed by atoms with Gasteiger partial charge in [-0.2, -0.15) is 0 Å². The lowest BCUT2D eigenvalue weighted by atomic mass is 9.49. The minimum Gasteiger partial charge on any atom is -0.550 e. The summed E-state index contributed by atoms with van der Waals surface area (Å²) in [6.07, 6.45) is 5.13. The largest absolute Gasteiger partial charge is 0.550 e. The molecule has 7 atom stereocenters. The summed E-state index contributed by atoms with van der Waals surface area (Å²) in [5, 5.41) is 11.0. The standard InChI is InChI=1S/C13H18O2/c1-6-10-7-2-3-8(4-7)11(10)13(6)5-9(13)12(14)15/h6-11H,2-5H2,1H3,(H,14,15)/p-1/t6-,7+,8-,9+,10+,11-,13-/m0/s1. The number of fused-ring (bicyclic) bond motifs is 6. The Kier molecular flexibility index (Phi) is 1.29. The van der Waals surface area contributed by atoms with Crippen molar-refractivity contribution >= 4 is 5.97 Å². The van der Waals surface area contributed by atoms with Gasteiger partial charge in [-0.25, -0.2) is 0 Å². The van der Waals surface area contributed by atoms with E-state index in [1.807, 2.05) is 0 Å². The lowest BCUT2D eigenvalue weighted by molar-refractivity contribution is -0.310. The maximum absolute atomic E-state index is 11.0. The SMILES string of the molecule is C[C@H]1[C@@H]2[C@@H]3CC[C@@H](C3)[C@@H]2[C@@]12C[C@@H]2C(=O)[O-]. The lowest BCUT2D eigenvalue weighted by Gasteiger charge is -2.55. The summed E-state index contributed by atoms with van der Waals surface area (Å²) in [6, 6.07) is 0. The van der Waals surface area contributed by atoms with Crippen molar-refractivity contribution in [2.24, 2.45) is 40.9 Å². The summed E-state index contributed by atoms with van der Waals surface area (Å²) in [4.78, 5) is 11.0. The molecule has 2 heteroatoms. The third kappa shape index (κ3) is 0.724. The predicted molar refractivity (Wildman–Crippen MR) is 52.5 cm³/mol. The van der Waals surface area contributed by atoms with Crippen LogP contribution < -0.4 is 5.11 Å². The number of carboxylic acid groups (broad SMARTS) is 1. The molecule has 0 saturated heterocycles. The molecule has 4 rings (SSSR count). The number of aliphatic carboxylic acids is 1. The molecule has 0 N–H and O–H groups in total. The quantitative estimate of drug-likeness (QED) is 0.642. The van der Waals surface area contributed by atoms with Crippen LogP contribution in [0.4, 0.5) is 0 Å². The Hall–Kier alpha value is -0.530. The van der Waals surface area contributed by atoms with Gasteiger partial charge in [-0.3, -0.25) is 0 Å². The maximum Gasteiger partial charge on any atom is 0.0451 e. The third-order valence-corrected chi connectivity index (χ3v) is 6.36. The summed E-state index contributed by atoms with van der Waals surface area (Å²) in [6.45, 7) is 2.30. The fourth-order valence-corrected chi connectivity index (χ4v) is 5.86. The fraction of sp³-hybridized carbons (Fsp3) is 0.923. The number of carbonyl (C=O) groups is 1. The van der Waals surface area contributed by atoms with Crippen molar-refractivity contribution in [3.63, 3.8) is 0 Å². The van der Waals surface area contributed by atoms with E-state index >= 15 is 0 Å². The Morgan fingerprint density at radius 1 is 1.33 bits per heavy atom. The summed E-state index contributed by atoms with van der Waals surface area (Å²) in [7, 11) is 0. The molecule has 0 radical (unpaired) electrons. The molecule has 0 heterocycles. The van der Waals surface area contributed by atoms with Crippen molar-refractivity contribution in [3.8, 4) is 0 Å². The van der Waals surface area contributed by atoms with Crippen LogP contribution in [0.25, 0.3) is 0 Å². The van der Waals surface area contributed by atoms with Crippen molar-refractivity contribution in [3.05, 3.63) is 0 Å². The van der Waals surface area contributed by atoms with Gasteiger partial charge < -0.3 is 9.90 Å². The van der Waals surface area contributed by atoms with Gasteiger partial charge in [0.1, 0.15) is 0 Å². The van der Waals surface area contributed by atoms with Gasteiger partial charge in [-0.15, -0.1) is 0 Å². The number of carbonyl (C=O) groups excluding carboxylic acids is 1. The molecule has 0 aromatic heterocycles. The Balaban J connectivity index is 1.67. The predicted octanol–water partition coefficient (Wildman–Crippen LogP) is 1.05. The highest BCUT2D eigenvalue weighted by atomic mass is 16.4. The zero-order valence-corrected chi connectivity index (χ0v) is 9.11. The first-order valence-corrected chi connectivity index (χ1v) is 6.37. The molecular formula is C13H17O2-. The summed E-state index contributed by atoms with van der Waals surface area (Å²) < 4.78 is 0. The number of carboxylic acids is 1. The summed E-state index contributed by atoms with van der Waals surface area (Å²) in [5.41, 5.74) is 0.212.